The molecule has 0 spiro atoms. The summed E-state index contributed by atoms with van der Waals surface area (Å²) in [6, 6.07) is 0. The first kappa shape index (κ1) is 13.4. The first-order valence-electron chi connectivity index (χ1n) is 4.38. The van der Waals surface area contributed by atoms with Gasteiger partial charge in [0.25, 0.3) is 0 Å². The maximum atomic E-state index is 8.59. The van der Waals surface area contributed by atoms with Crippen molar-refractivity contribution in [3.8, 4) is 0 Å². The molecule has 0 fully saturated rings. The molecule has 0 aliphatic heterocycles. The maximum Gasteiger partial charge on any atom is 0.0556 e. The van der Waals surface area contributed by atoms with Crippen LogP contribution in [0.4, 0.5) is 0 Å². The van der Waals surface area contributed by atoms with Gasteiger partial charge in [-0.05, 0) is 11.6 Å². The molecule has 0 unspecified atom stereocenters. The lowest BCUT2D eigenvalue weighted by atomic mass is 10.2. The van der Waals surface area contributed by atoms with Crippen LogP contribution in [0.15, 0.2) is 47.5 Å². The van der Waals surface area contributed by atoms with Gasteiger partial charge in [-0.2, -0.15) is 0 Å². The van der Waals surface area contributed by atoms with Crippen LogP contribution in [0.3, 0.4) is 0 Å². The highest BCUT2D eigenvalue weighted by atomic mass is 79.9. The highest BCUT2D eigenvalue weighted by molar-refractivity contribution is 9.11. The van der Waals surface area contributed by atoms with E-state index >= 15 is 0 Å². The molecule has 0 saturated heterocycles. The summed E-state index contributed by atoms with van der Waals surface area (Å²) >= 11 is 3.43. The third-order valence-electron chi connectivity index (χ3n) is 1.54. The summed E-state index contributed by atoms with van der Waals surface area (Å²) in [6.45, 7) is 8.72. The van der Waals surface area contributed by atoms with Gasteiger partial charge in [0.15, 0.2) is 0 Å². The lowest BCUT2D eigenvalue weighted by Gasteiger charge is -2.04. The van der Waals surface area contributed by atoms with Gasteiger partial charge in [0.1, 0.15) is 0 Å². The quantitative estimate of drug-likeness (QED) is 0.541. The Hall–Kier alpha value is -0.640. The van der Waals surface area contributed by atoms with Gasteiger partial charge in [0.2, 0.25) is 0 Å². The molecule has 0 aliphatic carbocycles. The van der Waals surface area contributed by atoms with E-state index in [2.05, 4.69) is 34.4 Å². The van der Waals surface area contributed by atoms with Crippen LogP contribution in [0, 0.1) is 0 Å². The van der Waals surface area contributed by atoms with Gasteiger partial charge in [-0.25, -0.2) is 0 Å². The van der Waals surface area contributed by atoms with E-state index in [1.54, 1.807) is 12.2 Å². The highest BCUT2D eigenvalue weighted by Crippen LogP contribution is 2.14. The van der Waals surface area contributed by atoms with Crippen molar-refractivity contribution < 1.29 is 5.11 Å². The Bertz CT molecular complexity index is 244. The second-order valence-electron chi connectivity index (χ2n) is 2.57. The minimum atomic E-state index is 0.143. The minimum absolute atomic E-state index is 0.143. The number of rotatable bonds is 7. The molecule has 0 rings (SSSR count). The number of hydrogen-bond donors (Lipinski definition) is 2. The first-order chi connectivity index (χ1) is 6.76. The molecule has 0 heterocycles. The fourth-order valence-electron chi connectivity index (χ4n) is 0.816. The van der Waals surface area contributed by atoms with Crippen molar-refractivity contribution in [3.63, 3.8) is 0 Å². The average molecular weight is 258 g/mol. The van der Waals surface area contributed by atoms with Crippen LogP contribution in [-0.2, 0) is 0 Å². The second kappa shape index (κ2) is 8.94. The van der Waals surface area contributed by atoms with E-state index in [9.17, 15) is 0 Å². The van der Waals surface area contributed by atoms with Crippen molar-refractivity contribution >= 4 is 15.9 Å². The molecular formula is C11H16BrNO. The van der Waals surface area contributed by atoms with E-state index in [0.717, 1.165) is 10.1 Å². The van der Waals surface area contributed by atoms with E-state index in [4.69, 9.17) is 5.11 Å². The molecule has 0 amide bonds. The summed E-state index contributed by atoms with van der Waals surface area (Å²) < 4.78 is 0.970. The molecule has 2 N–H and O–H groups in total. The summed E-state index contributed by atoms with van der Waals surface area (Å²) in [5.74, 6) is 0. The Kier molecular flexibility index (Phi) is 8.53. The SMILES string of the molecule is C=C/C=C\C(Br)=C(/C=C)CNCCO. The molecule has 0 radical (unpaired) electrons. The smallest absolute Gasteiger partial charge is 0.0556 e. The van der Waals surface area contributed by atoms with Crippen LogP contribution >= 0.6 is 15.9 Å². The van der Waals surface area contributed by atoms with Crippen molar-refractivity contribution in [2.45, 2.75) is 0 Å². The van der Waals surface area contributed by atoms with Gasteiger partial charge >= 0.3 is 0 Å². The zero-order chi connectivity index (χ0) is 10.8. The molecule has 0 aromatic carbocycles. The molecule has 0 saturated carbocycles. The van der Waals surface area contributed by atoms with Crippen LogP contribution in [0.2, 0.25) is 0 Å². The maximum absolute atomic E-state index is 8.59. The molecule has 3 heteroatoms. The molecule has 0 aromatic heterocycles. The molecule has 0 aliphatic rings. The fraction of sp³-hybridized carbons (Fsp3) is 0.273. The van der Waals surface area contributed by atoms with Crippen molar-refractivity contribution in [2.24, 2.45) is 0 Å². The average Bonchev–Trinajstić information content (AvgIpc) is 2.21. The molecule has 0 bridgehead atoms. The van der Waals surface area contributed by atoms with E-state index < -0.39 is 0 Å². The largest absolute Gasteiger partial charge is 0.395 e. The number of aliphatic hydroxyl groups is 1. The monoisotopic (exact) mass is 257 g/mol. The van der Waals surface area contributed by atoms with Crippen LogP contribution in [0.25, 0.3) is 0 Å². The van der Waals surface area contributed by atoms with Gasteiger partial charge < -0.3 is 10.4 Å². The highest BCUT2D eigenvalue weighted by Gasteiger charge is 1.96. The standard InChI is InChI=1S/C11H16BrNO/c1-3-5-6-11(12)10(4-2)9-13-7-8-14/h3-6,13-14H,1-2,7-9H2/b6-5-,11-10-. The summed E-state index contributed by atoms with van der Waals surface area (Å²) in [6.07, 6.45) is 7.25. The van der Waals surface area contributed by atoms with Crippen molar-refractivity contribution in [3.05, 3.63) is 47.5 Å². The van der Waals surface area contributed by atoms with E-state index in [0.29, 0.717) is 13.1 Å². The Morgan fingerprint density at radius 2 is 2.14 bits per heavy atom. The number of hydrogen-bond acceptors (Lipinski definition) is 2. The lowest BCUT2D eigenvalue weighted by molar-refractivity contribution is 0.294. The second-order valence-corrected chi connectivity index (χ2v) is 3.43. The molecule has 0 aromatic rings. The third kappa shape index (κ3) is 5.91. The van der Waals surface area contributed by atoms with Crippen LogP contribution < -0.4 is 5.32 Å². The van der Waals surface area contributed by atoms with Crippen molar-refractivity contribution in [2.75, 3.05) is 19.7 Å². The third-order valence-corrected chi connectivity index (χ3v) is 2.31. The van der Waals surface area contributed by atoms with Crippen LogP contribution in [-0.4, -0.2) is 24.8 Å². The topological polar surface area (TPSA) is 32.3 Å². The van der Waals surface area contributed by atoms with Gasteiger partial charge in [0.05, 0.1) is 6.61 Å². The predicted octanol–water partition coefficient (Wildman–Crippen LogP) is 2.15. The number of aliphatic hydroxyl groups excluding tert-OH is 1. The first-order valence-corrected chi connectivity index (χ1v) is 5.17. The normalized spacial score (nSPS) is 12.7. The van der Waals surface area contributed by atoms with E-state index in [-0.39, 0.29) is 6.61 Å². The molecular weight excluding hydrogens is 242 g/mol. The molecule has 78 valence electrons. The molecule has 14 heavy (non-hydrogen) atoms. The Balaban J connectivity index is 4.27. The Morgan fingerprint density at radius 3 is 2.64 bits per heavy atom. The van der Waals surface area contributed by atoms with Gasteiger partial charge in [-0.15, -0.1) is 0 Å². The zero-order valence-corrected chi connectivity index (χ0v) is 9.76. The van der Waals surface area contributed by atoms with Crippen LogP contribution in [0.5, 0.6) is 0 Å². The number of nitrogens with one attached hydrogen (secondary N) is 1. The Labute approximate surface area is 93.8 Å². The fourth-order valence-corrected chi connectivity index (χ4v) is 1.27. The van der Waals surface area contributed by atoms with Gasteiger partial charge in [-0.3, -0.25) is 0 Å². The zero-order valence-electron chi connectivity index (χ0n) is 8.17. The molecule has 0 atom stereocenters. The summed E-state index contributed by atoms with van der Waals surface area (Å²) in [7, 11) is 0. The van der Waals surface area contributed by atoms with Crippen molar-refractivity contribution in [1.82, 2.24) is 5.32 Å². The minimum Gasteiger partial charge on any atom is -0.395 e. The predicted molar refractivity (Wildman–Crippen MR) is 65.4 cm³/mol. The summed E-state index contributed by atoms with van der Waals surface area (Å²) in [5.41, 5.74) is 1.05. The number of halogens is 1. The van der Waals surface area contributed by atoms with Gasteiger partial charge in [0, 0.05) is 17.6 Å². The number of allylic oxidation sites excluding steroid dienone is 4. The molecule has 2 nitrogen and oxygen atoms in total. The Morgan fingerprint density at radius 1 is 1.43 bits per heavy atom. The van der Waals surface area contributed by atoms with E-state index in [1.807, 2.05) is 12.2 Å². The van der Waals surface area contributed by atoms with Crippen molar-refractivity contribution in [1.29, 1.82) is 0 Å². The van der Waals surface area contributed by atoms with Gasteiger partial charge in [-0.1, -0.05) is 47.3 Å². The lowest BCUT2D eigenvalue weighted by Crippen LogP contribution is -2.20. The summed E-state index contributed by atoms with van der Waals surface area (Å²) in [5, 5.41) is 11.7. The van der Waals surface area contributed by atoms with E-state index in [1.165, 1.54) is 0 Å². The summed E-state index contributed by atoms with van der Waals surface area (Å²) in [4.78, 5) is 0. The van der Waals surface area contributed by atoms with Crippen LogP contribution in [0.1, 0.15) is 0 Å².